The van der Waals surface area contributed by atoms with E-state index in [-0.39, 0.29) is 18.8 Å². The lowest BCUT2D eigenvalue weighted by Gasteiger charge is -2.72. The van der Waals surface area contributed by atoms with Gasteiger partial charge in [0.1, 0.15) is 73.2 Å². The third kappa shape index (κ3) is 8.98. The zero-order valence-electron chi connectivity index (χ0n) is 40.7. The van der Waals surface area contributed by atoms with E-state index in [1.54, 1.807) is 6.92 Å². The van der Waals surface area contributed by atoms with E-state index in [1.165, 1.54) is 6.92 Å². The summed E-state index contributed by atoms with van der Waals surface area (Å²) in [6.45, 7) is 18.1. The van der Waals surface area contributed by atoms with E-state index in [0.29, 0.717) is 44.1 Å². The highest BCUT2D eigenvalue weighted by Crippen LogP contribution is 2.76. The van der Waals surface area contributed by atoms with Crippen LogP contribution in [0.5, 0.6) is 0 Å². The molecule has 20 nitrogen and oxygen atoms in total. The van der Waals surface area contributed by atoms with Gasteiger partial charge in [-0.3, -0.25) is 5.26 Å². The maximum absolute atomic E-state index is 12.8. The first-order chi connectivity index (χ1) is 31.7. The van der Waals surface area contributed by atoms with Gasteiger partial charge in [-0.1, -0.05) is 41.2 Å². The van der Waals surface area contributed by atoms with E-state index in [1.807, 2.05) is 20.8 Å². The number of fused-ring (bicyclic) bond motifs is 5. The van der Waals surface area contributed by atoms with Gasteiger partial charge in [0.15, 0.2) is 18.9 Å². The Morgan fingerprint density at radius 2 is 1.31 bits per heavy atom. The summed E-state index contributed by atoms with van der Waals surface area (Å²) in [4.78, 5) is 4.81. The second kappa shape index (κ2) is 20.0. The van der Waals surface area contributed by atoms with Crippen LogP contribution in [0.15, 0.2) is 12.2 Å². The molecule has 7 aliphatic rings. The second-order valence-corrected chi connectivity index (χ2v) is 23.2. The minimum absolute atomic E-state index is 0.146. The predicted octanol–water partition coefficient (Wildman–Crippen LogP) is -0.560. The maximum Gasteiger partial charge on any atom is 0.187 e. The van der Waals surface area contributed by atoms with Gasteiger partial charge < -0.3 is 89.7 Å². The molecule has 4 aliphatic carbocycles. The Morgan fingerprint density at radius 3 is 1.91 bits per heavy atom. The van der Waals surface area contributed by atoms with Gasteiger partial charge in [0, 0.05) is 0 Å². The van der Waals surface area contributed by atoms with Gasteiger partial charge in [-0.25, -0.2) is 4.89 Å². The van der Waals surface area contributed by atoms with Crippen molar-refractivity contribution in [2.75, 3.05) is 13.2 Å². The lowest BCUT2D eigenvalue weighted by Crippen LogP contribution is -2.71. The maximum atomic E-state index is 12.8. The minimum atomic E-state index is -1.77. The Balaban J connectivity index is 1.28. The number of hydrogen-bond acceptors (Lipinski definition) is 20. The minimum Gasteiger partial charge on any atom is -0.394 e. The molecule has 0 bridgehead atoms. The molecular formula is C48H82O20. The molecule has 27 atom stereocenters. The fourth-order valence-electron chi connectivity index (χ4n) is 15.0. The lowest BCUT2D eigenvalue weighted by atomic mass is 9.34. The first kappa shape index (κ1) is 54.7. The van der Waals surface area contributed by atoms with Crippen LogP contribution in [0.2, 0.25) is 0 Å². The quantitative estimate of drug-likeness (QED) is 0.0449. The first-order valence-corrected chi connectivity index (χ1v) is 24.6. The van der Waals surface area contributed by atoms with Crippen LogP contribution in [0.25, 0.3) is 0 Å². The fraction of sp³-hybridized carbons (Fsp3) is 0.958. The summed E-state index contributed by atoms with van der Waals surface area (Å²) in [6, 6.07) is 0. The van der Waals surface area contributed by atoms with Gasteiger partial charge in [0.2, 0.25) is 0 Å². The van der Waals surface area contributed by atoms with Crippen LogP contribution in [0.1, 0.15) is 107 Å². The van der Waals surface area contributed by atoms with Crippen molar-refractivity contribution in [2.24, 2.45) is 45.3 Å². The molecule has 0 aromatic heterocycles. The fourth-order valence-corrected chi connectivity index (χ4v) is 15.0. The van der Waals surface area contributed by atoms with Crippen molar-refractivity contribution in [2.45, 2.75) is 229 Å². The predicted molar refractivity (Wildman–Crippen MR) is 236 cm³/mol. The van der Waals surface area contributed by atoms with E-state index in [9.17, 15) is 66.5 Å². The van der Waals surface area contributed by atoms with E-state index in [0.717, 1.165) is 0 Å². The highest BCUT2D eigenvalue weighted by molar-refractivity contribution is 5.22. The summed E-state index contributed by atoms with van der Waals surface area (Å²) in [5.74, 6) is -1.49. The molecule has 0 amide bonds. The van der Waals surface area contributed by atoms with Crippen LogP contribution < -0.4 is 0 Å². The van der Waals surface area contributed by atoms with E-state index >= 15 is 0 Å². The van der Waals surface area contributed by atoms with Crippen molar-refractivity contribution in [1.29, 1.82) is 0 Å². The first-order valence-electron chi connectivity index (χ1n) is 24.6. The summed E-state index contributed by atoms with van der Waals surface area (Å²) in [5, 5.41) is 142. The molecule has 13 N–H and O–H groups in total. The second-order valence-electron chi connectivity index (χ2n) is 23.2. The third-order valence-corrected chi connectivity index (χ3v) is 19.1. The average molecular weight is 979 g/mol. The largest absolute Gasteiger partial charge is 0.394 e. The molecule has 3 aliphatic heterocycles. The summed E-state index contributed by atoms with van der Waals surface area (Å²) >= 11 is 0. The summed E-state index contributed by atoms with van der Waals surface area (Å²) < 4.78 is 38.0. The highest BCUT2D eigenvalue weighted by atomic mass is 17.1. The van der Waals surface area contributed by atoms with Crippen LogP contribution in [0.4, 0.5) is 0 Å². The molecule has 7 fully saturated rings. The molecule has 3 saturated heterocycles. The molecular weight excluding hydrogens is 897 g/mol. The molecule has 394 valence electrons. The van der Waals surface area contributed by atoms with Crippen LogP contribution in [-0.2, 0) is 33.3 Å². The Morgan fingerprint density at radius 1 is 0.721 bits per heavy atom. The molecule has 7 rings (SSSR count). The van der Waals surface area contributed by atoms with Crippen LogP contribution in [-0.4, -0.2) is 202 Å². The molecule has 27 unspecified atom stereocenters. The number of hydrogen-bond donors (Lipinski definition) is 13. The molecule has 3 heterocycles. The number of ether oxygens (including phenoxy) is 6. The smallest absolute Gasteiger partial charge is 0.187 e. The average Bonchev–Trinajstić information content (AvgIpc) is 3.67. The molecule has 0 radical (unpaired) electrons. The summed E-state index contributed by atoms with van der Waals surface area (Å²) in [6.07, 6.45) is -23.2. The zero-order chi connectivity index (χ0) is 50.4. The van der Waals surface area contributed by atoms with E-state index in [2.05, 4.69) is 27.4 Å². The van der Waals surface area contributed by atoms with Crippen molar-refractivity contribution in [3.05, 3.63) is 12.2 Å². The van der Waals surface area contributed by atoms with Gasteiger partial charge in [-0.2, -0.15) is 0 Å². The highest BCUT2D eigenvalue weighted by Gasteiger charge is 2.74. The van der Waals surface area contributed by atoms with Crippen molar-refractivity contribution in [3.8, 4) is 0 Å². The van der Waals surface area contributed by atoms with Crippen molar-refractivity contribution in [3.63, 3.8) is 0 Å². The van der Waals surface area contributed by atoms with Crippen molar-refractivity contribution < 1.29 is 99.8 Å². The topological polar surface area (TPSA) is 328 Å². The molecule has 68 heavy (non-hydrogen) atoms. The number of aliphatic hydroxyl groups excluding tert-OH is 12. The van der Waals surface area contributed by atoms with Gasteiger partial charge in [-0.15, -0.1) is 0 Å². The van der Waals surface area contributed by atoms with Crippen molar-refractivity contribution in [1.82, 2.24) is 0 Å². The van der Waals surface area contributed by atoms with Crippen LogP contribution >= 0.6 is 0 Å². The molecule has 4 saturated carbocycles. The Kier molecular flexibility index (Phi) is 16.1. The standard InChI is InChI=1S/C48H82O20/c1-20(2)24(68-61)11-15-48(9,67-42-38(60)35(57)32(54)26(18-49)64-42)22-10-14-46(7)30(22)23(51)16-28-45(6)13-12-29(52)44(4,5)40(45)25(17-47(28,46)8)63-43-39(36(58)33(55)27(19-50)65-43)66-41-37(59)34(56)31(53)21(3)62-41/h21-43,49-61H,1,10-19H2,2-9H3. The van der Waals surface area contributed by atoms with Gasteiger partial charge in [0.05, 0.1) is 43.2 Å². The van der Waals surface area contributed by atoms with Gasteiger partial charge in [-0.05, 0) is 123 Å². The Labute approximate surface area is 398 Å². The molecule has 0 aromatic rings. The third-order valence-electron chi connectivity index (χ3n) is 19.1. The van der Waals surface area contributed by atoms with Crippen LogP contribution in [0, 0.1) is 45.3 Å². The molecule has 20 heteroatoms. The summed E-state index contributed by atoms with van der Waals surface area (Å²) in [7, 11) is 0. The van der Waals surface area contributed by atoms with Gasteiger partial charge >= 0.3 is 0 Å². The van der Waals surface area contributed by atoms with Crippen LogP contribution in [0.3, 0.4) is 0 Å². The summed E-state index contributed by atoms with van der Waals surface area (Å²) in [5.41, 5.74) is -3.45. The number of aliphatic hydroxyl groups is 12. The van der Waals surface area contributed by atoms with Gasteiger partial charge in [0.25, 0.3) is 0 Å². The normalized spacial score (nSPS) is 52.8. The Bertz CT molecular complexity index is 1740. The molecule has 0 aromatic carbocycles. The monoisotopic (exact) mass is 979 g/mol. The lowest BCUT2D eigenvalue weighted by molar-refractivity contribution is -0.382. The molecule has 0 spiro atoms. The zero-order valence-corrected chi connectivity index (χ0v) is 40.7. The number of rotatable bonds is 14. The van der Waals surface area contributed by atoms with E-state index in [4.69, 9.17) is 33.3 Å². The van der Waals surface area contributed by atoms with Crippen molar-refractivity contribution >= 4 is 0 Å². The SMILES string of the molecule is C=C(C)C(CCC(C)(OC1OC(CO)C(O)C(O)C1O)C1CCC2(C)C1C(O)CC1C3(C)CCC(O)C(C)(C)C3C(OC3OC(CO)C(O)C(O)C3OC3OC(C)C(O)C(O)C3O)CC12C)OO. The Hall–Kier alpha value is -1.06. The van der Waals surface area contributed by atoms with E-state index < -0.39 is 175 Å².